The molecular weight excluding hydrogens is 222 g/mol. The van der Waals surface area contributed by atoms with E-state index >= 15 is 0 Å². The van der Waals surface area contributed by atoms with Crippen LogP contribution in [0, 0.1) is 0 Å². The van der Waals surface area contributed by atoms with Gasteiger partial charge in [-0.25, -0.2) is 8.42 Å². The van der Waals surface area contributed by atoms with Crippen molar-refractivity contribution in [3.63, 3.8) is 0 Å². The Bertz CT molecular complexity index is 612. The van der Waals surface area contributed by atoms with Crippen molar-refractivity contribution in [2.24, 2.45) is 0 Å². The molecule has 0 atom stereocenters. The van der Waals surface area contributed by atoms with Crippen molar-refractivity contribution in [3.8, 4) is 0 Å². The maximum atomic E-state index is 12.1. The molecule has 1 aromatic heterocycles. The Morgan fingerprint density at radius 2 is 1.94 bits per heavy atom. The van der Waals surface area contributed by atoms with E-state index in [0.717, 1.165) is 10.8 Å². The Kier molecular flexibility index (Phi) is 2.68. The highest BCUT2D eigenvalue weighted by Gasteiger charge is 2.21. The first-order chi connectivity index (χ1) is 7.53. The predicted molar refractivity (Wildman–Crippen MR) is 64.1 cm³/mol. The summed E-state index contributed by atoms with van der Waals surface area (Å²) in [6, 6.07) is 7.00. The number of benzene rings is 1. The lowest BCUT2D eigenvalue weighted by atomic mass is 10.2. The first-order valence-corrected chi connectivity index (χ1v) is 6.65. The second kappa shape index (κ2) is 3.87. The summed E-state index contributed by atoms with van der Waals surface area (Å²) < 4.78 is 24.3. The summed E-state index contributed by atoms with van der Waals surface area (Å²) in [6.07, 6.45) is 3.29. The Hall–Kier alpha value is -1.42. The highest BCUT2D eigenvalue weighted by molar-refractivity contribution is 7.92. The number of nitrogens with zero attached hydrogens (tertiary/aromatic N) is 1. The molecule has 0 aliphatic heterocycles. The van der Waals surface area contributed by atoms with E-state index in [2.05, 4.69) is 4.98 Å². The molecule has 3 nitrogen and oxygen atoms in total. The van der Waals surface area contributed by atoms with Crippen LogP contribution in [0.25, 0.3) is 10.8 Å². The monoisotopic (exact) mass is 235 g/mol. The Morgan fingerprint density at radius 1 is 1.19 bits per heavy atom. The van der Waals surface area contributed by atoms with Crippen LogP contribution >= 0.6 is 0 Å². The zero-order valence-electron chi connectivity index (χ0n) is 9.21. The predicted octanol–water partition coefficient (Wildman–Crippen LogP) is 2.42. The van der Waals surface area contributed by atoms with Gasteiger partial charge >= 0.3 is 0 Å². The fraction of sp³-hybridized carbons (Fsp3) is 0.250. The van der Waals surface area contributed by atoms with Crippen molar-refractivity contribution in [3.05, 3.63) is 36.7 Å². The molecule has 16 heavy (non-hydrogen) atoms. The van der Waals surface area contributed by atoms with Gasteiger partial charge in [-0.15, -0.1) is 0 Å². The molecule has 0 aliphatic carbocycles. The lowest BCUT2D eigenvalue weighted by molar-refractivity contribution is 0.588. The highest BCUT2D eigenvalue weighted by Crippen LogP contribution is 2.24. The van der Waals surface area contributed by atoms with Crippen molar-refractivity contribution in [2.45, 2.75) is 24.0 Å². The van der Waals surface area contributed by atoms with Gasteiger partial charge in [0.2, 0.25) is 0 Å². The SMILES string of the molecule is CC(C)S(=O)(=O)c1cccc2cnccc12. The first kappa shape index (κ1) is 11.1. The minimum Gasteiger partial charge on any atom is -0.264 e. The molecule has 1 heterocycles. The van der Waals surface area contributed by atoms with E-state index in [9.17, 15) is 8.42 Å². The lowest BCUT2D eigenvalue weighted by Gasteiger charge is -2.10. The van der Waals surface area contributed by atoms with Gasteiger partial charge in [-0.1, -0.05) is 12.1 Å². The molecular formula is C12H13NO2S. The number of sulfone groups is 1. The molecule has 0 unspecified atom stereocenters. The number of rotatable bonds is 2. The van der Waals surface area contributed by atoms with Crippen LogP contribution in [0.15, 0.2) is 41.6 Å². The van der Waals surface area contributed by atoms with Gasteiger partial charge in [-0.2, -0.15) is 0 Å². The first-order valence-electron chi connectivity index (χ1n) is 5.10. The minimum atomic E-state index is -3.23. The summed E-state index contributed by atoms with van der Waals surface area (Å²) in [5.74, 6) is 0. The fourth-order valence-corrected chi connectivity index (χ4v) is 2.86. The van der Waals surface area contributed by atoms with Crippen LogP contribution < -0.4 is 0 Å². The molecule has 0 aliphatic rings. The summed E-state index contributed by atoms with van der Waals surface area (Å²) in [5.41, 5.74) is 0. The summed E-state index contributed by atoms with van der Waals surface area (Å²) in [6.45, 7) is 3.38. The third-order valence-corrected chi connectivity index (χ3v) is 4.78. The molecule has 4 heteroatoms. The molecule has 0 saturated carbocycles. The van der Waals surface area contributed by atoms with E-state index in [0.29, 0.717) is 4.90 Å². The molecule has 0 radical (unpaired) electrons. The van der Waals surface area contributed by atoms with Gasteiger partial charge in [-0.05, 0) is 26.0 Å². The maximum absolute atomic E-state index is 12.1. The normalized spacial score (nSPS) is 12.2. The number of hydrogen-bond acceptors (Lipinski definition) is 3. The van der Waals surface area contributed by atoms with Gasteiger partial charge in [0.15, 0.2) is 9.84 Å². The van der Waals surface area contributed by atoms with Gasteiger partial charge < -0.3 is 0 Å². The van der Waals surface area contributed by atoms with Gasteiger partial charge in [0, 0.05) is 23.2 Å². The van der Waals surface area contributed by atoms with Crippen LogP contribution in [0.5, 0.6) is 0 Å². The molecule has 2 rings (SSSR count). The number of hydrogen-bond donors (Lipinski definition) is 0. The summed E-state index contributed by atoms with van der Waals surface area (Å²) in [5, 5.41) is 1.18. The number of pyridine rings is 1. The van der Waals surface area contributed by atoms with Crippen molar-refractivity contribution < 1.29 is 8.42 Å². The van der Waals surface area contributed by atoms with Crippen molar-refractivity contribution >= 4 is 20.6 Å². The topological polar surface area (TPSA) is 47.0 Å². The van der Waals surface area contributed by atoms with Crippen molar-refractivity contribution in [1.82, 2.24) is 4.98 Å². The fourth-order valence-electron chi connectivity index (χ4n) is 1.59. The van der Waals surface area contributed by atoms with E-state index in [1.165, 1.54) is 0 Å². The van der Waals surface area contributed by atoms with Gasteiger partial charge in [0.05, 0.1) is 10.1 Å². The Balaban J connectivity index is 2.80. The van der Waals surface area contributed by atoms with E-state index < -0.39 is 15.1 Å². The van der Waals surface area contributed by atoms with Crippen LogP contribution in [0.4, 0.5) is 0 Å². The van der Waals surface area contributed by atoms with Crippen LogP contribution in [0.3, 0.4) is 0 Å². The molecule has 0 bridgehead atoms. The zero-order chi connectivity index (χ0) is 11.8. The van der Waals surface area contributed by atoms with Gasteiger partial charge in [0.1, 0.15) is 0 Å². The molecule has 0 saturated heterocycles. The molecule has 0 amide bonds. The van der Waals surface area contributed by atoms with E-state index in [1.807, 2.05) is 6.07 Å². The summed E-state index contributed by atoms with van der Waals surface area (Å²) in [7, 11) is -3.23. The third-order valence-electron chi connectivity index (χ3n) is 2.57. The summed E-state index contributed by atoms with van der Waals surface area (Å²) in [4.78, 5) is 4.38. The van der Waals surface area contributed by atoms with Crippen LogP contribution in [0.2, 0.25) is 0 Å². The second-order valence-corrected chi connectivity index (χ2v) is 6.42. The highest BCUT2D eigenvalue weighted by atomic mass is 32.2. The average molecular weight is 235 g/mol. The molecule has 0 spiro atoms. The molecule has 1 aromatic carbocycles. The van der Waals surface area contributed by atoms with Crippen molar-refractivity contribution in [2.75, 3.05) is 0 Å². The van der Waals surface area contributed by atoms with E-state index in [1.54, 1.807) is 44.4 Å². The van der Waals surface area contributed by atoms with E-state index in [4.69, 9.17) is 0 Å². The van der Waals surface area contributed by atoms with Crippen molar-refractivity contribution in [1.29, 1.82) is 0 Å². The Labute approximate surface area is 95.1 Å². The second-order valence-electron chi connectivity index (χ2n) is 3.95. The Morgan fingerprint density at radius 3 is 2.62 bits per heavy atom. The average Bonchev–Trinajstić information content (AvgIpc) is 2.28. The quantitative estimate of drug-likeness (QED) is 0.803. The summed E-state index contributed by atoms with van der Waals surface area (Å²) >= 11 is 0. The zero-order valence-corrected chi connectivity index (χ0v) is 10.0. The van der Waals surface area contributed by atoms with Crippen LogP contribution in [-0.2, 0) is 9.84 Å². The van der Waals surface area contributed by atoms with E-state index in [-0.39, 0.29) is 0 Å². The van der Waals surface area contributed by atoms with Gasteiger partial charge in [0.25, 0.3) is 0 Å². The molecule has 0 fully saturated rings. The van der Waals surface area contributed by atoms with Gasteiger partial charge in [-0.3, -0.25) is 4.98 Å². The standard InChI is InChI=1S/C12H13NO2S/c1-9(2)16(14,15)12-5-3-4-10-8-13-7-6-11(10)12/h3-9H,1-2H3. The minimum absolute atomic E-state index is 0.391. The molecule has 0 N–H and O–H groups in total. The lowest BCUT2D eigenvalue weighted by Crippen LogP contribution is -2.14. The maximum Gasteiger partial charge on any atom is 0.181 e. The molecule has 2 aromatic rings. The smallest absolute Gasteiger partial charge is 0.181 e. The van der Waals surface area contributed by atoms with Crippen LogP contribution in [-0.4, -0.2) is 18.7 Å². The van der Waals surface area contributed by atoms with Crippen LogP contribution in [0.1, 0.15) is 13.8 Å². The largest absolute Gasteiger partial charge is 0.264 e. The molecule has 84 valence electrons. The number of aromatic nitrogens is 1. The third kappa shape index (κ3) is 1.69. The number of fused-ring (bicyclic) bond motifs is 1.